The molecular weight excluding hydrogens is 498 g/mol. The molecular formula is C31H32F2N4O2. The van der Waals surface area contributed by atoms with Crippen molar-refractivity contribution < 1.29 is 18.3 Å². The number of nitrogens with one attached hydrogen (secondary N) is 2. The number of allylic oxidation sites excluding steroid dienone is 4. The van der Waals surface area contributed by atoms with Crippen molar-refractivity contribution in [3.8, 4) is 11.1 Å². The average Bonchev–Trinajstić information content (AvgIpc) is 3.15. The van der Waals surface area contributed by atoms with Crippen LogP contribution in [0.15, 0.2) is 78.0 Å². The number of hydrogen-bond donors (Lipinski definition) is 2. The number of benzene rings is 1. The van der Waals surface area contributed by atoms with Crippen LogP contribution in [0.3, 0.4) is 0 Å². The van der Waals surface area contributed by atoms with E-state index in [1.165, 1.54) is 0 Å². The van der Waals surface area contributed by atoms with Crippen LogP contribution in [0.25, 0.3) is 16.7 Å². The molecule has 3 heterocycles. The lowest BCUT2D eigenvalue weighted by molar-refractivity contribution is -0.115. The van der Waals surface area contributed by atoms with Gasteiger partial charge in [-0.05, 0) is 72.4 Å². The maximum absolute atomic E-state index is 13.7. The molecule has 2 fully saturated rings. The highest BCUT2D eigenvalue weighted by molar-refractivity contribution is 6.24. The van der Waals surface area contributed by atoms with Crippen LogP contribution in [0.5, 0.6) is 0 Å². The number of halogens is 2. The first-order valence-corrected chi connectivity index (χ1v) is 13.5. The molecule has 6 rings (SSSR count). The summed E-state index contributed by atoms with van der Waals surface area (Å²) in [6, 6.07) is 8.39. The summed E-state index contributed by atoms with van der Waals surface area (Å²) >= 11 is 0. The predicted molar refractivity (Wildman–Crippen MR) is 148 cm³/mol. The molecule has 1 atom stereocenters. The van der Waals surface area contributed by atoms with Crippen molar-refractivity contribution in [2.75, 3.05) is 25.5 Å². The maximum Gasteiger partial charge on any atom is 0.256 e. The normalized spacial score (nSPS) is 21.9. The summed E-state index contributed by atoms with van der Waals surface area (Å²) < 4.78 is 32.5. The largest absolute Gasteiger partial charge is 0.497 e. The van der Waals surface area contributed by atoms with Crippen LogP contribution in [0.4, 0.5) is 14.5 Å². The monoisotopic (exact) mass is 530 g/mol. The Morgan fingerprint density at radius 2 is 2.00 bits per heavy atom. The van der Waals surface area contributed by atoms with E-state index in [0.717, 1.165) is 63.4 Å². The number of amides is 1. The van der Waals surface area contributed by atoms with E-state index in [2.05, 4.69) is 32.7 Å². The summed E-state index contributed by atoms with van der Waals surface area (Å²) in [6.07, 6.45) is 13.6. The van der Waals surface area contributed by atoms with Gasteiger partial charge in [0.05, 0.1) is 12.7 Å². The third kappa shape index (κ3) is 5.39. The Morgan fingerprint density at radius 3 is 2.77 bits per heavy atom. The second-order valence-electron chi connectivity index (χ2n) is 10.6. The minimum absolute atomic E-state index is 0.102. The topological polar surface area (TPSA) is 66.5 Å². The Bertz CT molecular complexity index is 1420. The Balaban J connectivity index is 1.25. The third-order valence-electron chi connectivity index (χ3n) is 7.99. The Morgan fingerprint density at radius 1 is 1.15 bits per heavy atom. The Labute approximate surface area is 227 Å². The van der Waals surface area contributed by atoms with Crippen LogP contribution in [-0.2, 0) is 16.1 Å². The zero-order chi connectivity index (χ0) is 27.0. The number of carbonyl (C=O) groups excluding carboxylic acids is 1. The van der Waals surface area contributed by atoms with Crippen molar-refractivity contribution in [3.05, 3.63) is 89.1 Å². The molecule has 2 aliphatic heterocycles. The third-order valence-corrected chi connectivity index (χ3v) is 7.99. The van der Waals surface area contributed by atoms with E-state index in [-0.39, 0.29) is 24.8 Å². The van der Waals surface area contributed by atoms with E-state index >= 15 is 0 Å². The number of aromatic nitrogens is 1. The summed E-state index contributed by atoms with van der Waals surface area (Å²) in [6.45, 7) is 1.35. The van der Waals surface area contributed by atoms with Crippen molar-refractivity contribution in [1.82, 2.24) is 15.2 Å². The summed E-state index contributed by atoms with van der Waals surface area (Å²) in [5, 5.41) is 6.69. The van der Waals surface area contributed by atoms with Gasteiger partial charge in [-0.1, -0.05) is 12.1 Å². The van der Waals surface area contributed by atoms with E-state index in [1.54, 1.807) is 13.3 Å². The fraction of sp³-hybridized carbons (Fsp3) is 0.355. The molecule has 1 saturated carbocycles. The van der Waals surface area contributed by atoms with Gasteiger partial charge in [-0.15, -0.1) is 0 Å². The molecule has 2 N–H and O–H groups in total. The molecule has 1 aromatic carbocycles. The highest BCUT2D eigenvalue weighted by atomic mass is 19.3. The number of hydrogen-bond acceptors (Lipinski definition) is 5. The highest BCUT2D eigenvalue weighted by Gasteiger charge is 2.36. The molecule has 0 radical (unpaired) electrons. The molecule has 1 saturated heterocycles. The molecule has 0 bridgehead atoms. The van der Waals surface area contributed by atoms with Crippen molar-refractivity contribution in [2.24, 2.45) is 0 Å². The first kappa shape index (κ1) is 25.5. The number of nitrogens with zero attached hydrogens (tertiary/aromatic N) is 2. The van der Waals surface area contributed by atoms with Crippen molar-refractivity contribution in [1.29, 1.82) is 0 Å². The molecule has 202 valence electrons. The quantitative estimate of drug-likeness (QED) is 0.493. The lowest BCUT2D eigenvalue weighted by atomic mass is 9.76. The van der Waals surface area contributed by atoms with Gasteiger partial charge in [0, 0.05) is 73.4 Å². The van der Waals surface area contributed by atoms with Crippen LogP contribution in [0.2, 0.25) is 0 Å². The number of ether oxygens (including phenoxy) is 1. The minimum Gasteiger partial charge on any atom is -0.497 e. The fourth-order valence-electron chi connectivity index (χ4n) is 5.65. The van der Waals surface area contributed by atoms with E-state index in [0.29, 0.717) is 26.1 Å². The van der Waals surface area contributed by atoms with Crippen molar-refractivity contribution >= 4 is 17.2 Å². The highest BCUT2D eigenvalue weighted by Crippen LogP contribution is 2.44. The predicted octanol–water partition coefficient (Wildman–Crippen LogP) is 5.81. The number of pyridine rings is 1. The Kier molecular flexibility index (Phi) is 6.81. The first-order valence-electron chi connectivity index (χ1n) is 13.5. The van der Waals surface area contributed by atoms with Gasteiger partial charge in [0.25, 0.3) is 11.8 Å². The van der Waals surface area contributed by atoms with Crippen LogP contribution in [0, 0.1) is 0 Å². The molecule has 1 amide bonds. The summed E-state index contributed by atoms with van der Waals surface area (Å²) in [5.74, 6) is -1.90. The number of likely N-dealkylation sites (tertiary alicyclic amines) is 1. The SMILES string of the molecule is COC1=CCC=C(NC(=O)C2=C3CCC3Nc3ccc(-c4cncc(CN5CCC(F)(F)CC5)c4)cc32)C=C1. The molecule has 1 unspecified atom stereocenters. The lowest BCUT2D eigenvalue weighted by Crippen LogP contribution is -2.38. The maximum atomic E-state index is 13.7. The Hall–Kier alpha value is -3.78. The summed E-state index contributed by atoms with van der Waals surface area (Å²) in [7, 11) is 1.63. The number of anilines is 1. The van der Waals surface area contributed by atoms with E-state index in [1.807, 2.05) is 42.6 Å². The lowest BCUT2D eigenvalue weighted by Gasteiger charge is -2.39. The number of alkyl halides is 2. The molecule has 2 aromatic rings. The molecule has 39 heavy (non-hydrogen) atoms. The zero-order valence-corrected chi connectivity index (χ0v) is 22.0. The van der Waals surface area contributed by atoms with Crippen LogP contribution in [0.1, 0.15) is 43.2 Å². The van der Waals surface area contributed by atoms with Gasteiger partial charge in [-0.2, -0.15) is 0 Å². The number of rotatable bonds is 6. The number of carbonyl (C=O) groups is 1. The number of methoxy groups -OCH3 is 1. The van der Waals surface area contributed by atoms with E-state index in [9.17, 15) is 13.6 Å². The van der Waals surface area contributed by atoms with Gasteiger partial charge in [0.15, 0.2) is 0 Å². The average molecular weight is 531 g/mol. The van der Waals surface area contributed by atoms with Gasteiger partial charge >= 0.3 is 0 Å². The van der Waals surface area contributed by atoms with Gasteiger partial charge in [0.1, 0.15) is 5.76 Å². The summed E-state index contributed by atoms with van der Waals surface area (Å²) in [5.41, 5.74) is 7.33. The minimum atomic E-state index is -2.56. The molecule has 6 nitrogen and oxygen atoms in total. The van der Waals surface area contributed by atoms with Crippen molar-refractivity contribution in [2.45, 2.75) is 50.6 Å². The van der Waals surface area contributed by atoms with Gasteiger partial charge < -0.3 is 15.4 Å². The van der Waals surface area contributed by atoms with E-state index < -0.39 is 5.92 Å². The van der Waals surface area contributed by atoms with Crippen molar-refractivity contribution in [3.63, 3.8) is 0 Å². The smallest absolute Gasteiger partial charge is 0.256 e. The molecule has 1 aromatic heterocycles. The number of fused-ring (bicyclic) bond motifs is 2. The van der Waals surface area contributed by atoms with Crippen LogP contribution >= 0.6 is 0 Å². The molecule has 8 heteroatoms. The zero-order valence-electron chi connectivity index (χ0n) is 22.0. The van der Waals surface area contributed by atoms with Gasteiger partial charge in [0.2, 0.25) is 0 Å². The standard InChI is InChI=1S/C31H32F2N4O2/c1-39-24-4-2-3-23(6-7-24)35-30(38)29-25-8-10-27(25)36-28-9-5-21(16-26(28)29)22-15-20(17-34-18-22)19-37-13-11-31(32,33)12-14-37/h3-7,9,15-18,27,36H,2,8,10-14,19H2,1H3,(H,35,38). The second kappa shape index (κ2) is 10.4. The summed E-state index contributed by atoms with van der Waals surface area (Å²) in [4.78, 5) is 20.2. The fourth-order valence-corrected chi connectivity index (χ4v) is 5.65. The second-order valence-corrected chi connectivity index (χ2v) is 10.6. The van der Waals surface area contributed by atoms with Crippen LogP contribution in [-0.4, -0.2) is 48.0 Å². The molecule has 0 spiro atoms. The van der Waals surface area contributed by atoms with Gasteiger partial charge in [-0.25, -0.2) is 8.78 Å². The molecule has 4 aliphatic rings. The number of piperidine rings is 1. The molecule has 2 aliphatic carbocycles. The van der Waals surface area contributed by atoms with E-state index in [4.69, 9.17) is 4.74 Å². The van der Waals surface area contributed by atoms with Crippen LogP contribution < -0.4 is 10.6 Å². The van der Waals surface area contributed by atoms with Gasteiger partial charge in [-0.3, -0.25) is 14.7 Å². The first-order chi connectivity index (χ1) is 18.9.